The quantitative estimate of drug-likeness (QED) is 0.775. The summed E-state index contributed by atoms with van der Waals surface area (Å²) in [6.45, 7) is 4.44. The molecule has 2 unspecified atom stereocenters. The van der Waals surface area contributed by atoms with Crippen LogP contribution in [-0.4, -0.2) is 24.1 Å². The summed E-state index contributed by atoms with van der Waals surface area (Å²) in [7, 11) is 0. The van der Waals surface area contributed by atoms with E-state index in [2.05, 4.69) is 25.4 Å². The normalized spacial score (nSPS) is 15.1. The van der Waals surface area contributed by atoms with Crippen molar-refractivity contribution in [1.82, 2.24) is 5.32 Å². The molecule has 0 aliphatic rings. The van der Waals surface area contributed by atoms with Crippen molar-refractivity contribution in [3.63, 3.8) is 0 Å². The van der Waals surface area contributed by atoms with Gasteiger partial charge in [0, 0.05) is 24.3 Å². The second-order valence-electron chi connectivity index (χ2n) is 3.91. The Morgan fingerprint density at radius 3 is 2.87 bits per heavy atom. The molecule has 1 rings (SSSR count). The number of rotatable bonds is 7. The van der Waals surface area contributed by atoms with Crippen molar-refractivity contribution in [3.8, 4) is 0 Å². The fourth-order valence-corrected chi connectivity index (χ4v) is 2.41. The average molecular weight is 227 g/mol. The minimum absolute atomic E-state index is 0.480. The van der Waals surface area contributed by atoms with Crippen molar-refractivity contribution in [2.24, 2.45) is 0 Å². The van der Waals surface area contributed by atoms with Crippen LogP contribution in [0.5, 0.6) is 0 Å². The first kappa shape index (κ1) is 12.7. The molecule has 86 valence electrons. The number of thioether (sulfide) groups is 1. The molecule has 3 heteroatoms. The number of hydrogen-bond donors (Lipinski definition) is 1. The van der Waals surface area contributed by atoms with Crippen LogP contribution in [0.15, 0.2) is 22.8 Å². The molecule has 0 aliphatic heterocycles. The van der Waals surface area contributed by atoms with E-state index >= 15 is 0 Å². The summed E-state index contributed by atoms with van der Waals surface area (Å²) >= 11 is 1.90. The summed E-state index contributed by atoms with van der Waals surface area (Å²) in [5.41, 5.74) is 0. The molecule has 0 aliphatic carbocycles. The number of furan rings is 1. The van der Waals surface area contributed by atoms with Gasteiger partial charge in [0.15, 0.2) is 0 Å². The molecule has 1 aromatic rings. The van der Waals surface area contributed by atoms with E-state index in [9.17, 15) is 0 Å². The Kier molecular flexibility index (Phi) is 5.88. The van der Waals surface area contributed by atoms with Gasteiger partial charge in [-0.15, -0.1) is 0 Å². The summed E-state index contributed by atoms with van der Waals surface area (Å²) in [5.74, 6) is 2.24. The first-order valence-electron chi connectivity index (χ1n) is 5.53. The van der Waals surface area contributed by atoms with Crippen molar-refractivity contribution >= 4 is 11.8 Å². The summed E-state index contributed by atoms with van der Waals surface area (Å²) in [6, 6.07) is 5.08. The highest BCUT2D eigenvalue weighted by Gasteiger charge is 2.10. The molecule has 0 aromatic carbocycles. The van der Waals surface area contributed by atoms with Crippen molar-refractivity contribution < 1.29 is 4.42 Å². The minimum atomic E-state index is 0.480. The lowest BCUT2D eigenvalue weighted by atomic mass is 10.1. The van der Waals surface area contributed by atoms with E-state index in [1.54, 1.807) is 6.26 Å². The lowest BCUT2D eigenvalue weighted by Gasteiger charge is -2.20. The standard InChI is InChI=1S/C12H21NOS/c1-4-11(9-15-3)13-10(2)8-12-6-5-7-14-12/h5-7,10-11,13H,4,8-9H2,1-3H3. The Hall–Kier alpha value is -0.410. The van der Waals surface area contributed by atoms with Gasteiger partial charge < -0.3 is 9.73 Å². The second kappa shape index (κ2) is 6.96. The highest BCUT2D eigenvalue weighted by molar-refractivity contribution is 7.98. The van der Waals surface area contributed by atoms with Crippen LogP contribution in [0.2, 0.25) is 0 Å². The molecule has 0 fully saturated rings. The maximum Gasteiger partial charge on any atom is 0.105 e. The first-order valence-corrected chi connectivity index (χ1v) is 6.93. The molecule has 0 radical (unpaired) electrons. The third-order valence-corrected chi connectivity index (χ3v) is 3.20. The highest BCUT2D eigenvalue weighted by Crippen LogP contribution is 2.07. The van der Waals surface area contributed by atoms with Crippen LogP contribution in [0.4, 0.5) is 0 Å². The minimum Gasteiger partial charge on any atom is -0.469 e. The molecular formula is C12H21NOS. The van der Waals surface area contributed by atoms with Crippen molar-refractivity contribution in [2.45, 2.75) is 38.8 Å². The van der Waals surface area contributed by atoms with Crippen molar-refractivity contribution in [3.05, 3.63) is 24.2 Å². The van der Waals surface area contributed by atoms with Gasteiger partial charge in [-0.1, -0.05) is 6.92 Å². The van der Waals surface area contributed by atoms with Gasteiger partial charge in [-0.05, 0) is 31.7 Å². The monoisotopic (exact) mass is 227 g/mol. The lowest BCUT2D eigenvalue weighted by Crippen LogP contribution is -2.38. The van der Waals surface area contributed by atoms with Gasteiger partial charge in [-0.3, -0.25) is 0 Å². The van der Waals surface area contributed by atoms with Gasteiger partial charge in [-0.25, -0.2) is 0 Å². The van der Waals surface area contributed by atoms with E-state index in [-0.39, 0.29) is 0 Å². The molecule has 0 bridgehead atoms. The van der Waals surface area contributed by atoms with E-state index in [0.29, 0.717) is 12.1 Å². The van der Waals surface area contributed by atoms with Gasteiger partial charge in [0.25, 0.3) is 0 Å². The molecule has 2 nitrogen and oxygen atoms in total. The lowest BCUT2D eigenvalue weighted by molar-refractivity contribution is 0.421. The molecular weight excluding hydrogens is 206 g/mol. The summed E-state index contributed by atoms with van der Waals surface area (Å²) in [5, 5.41) is 3.62. The smallest absolute Gasteiger partial charge is 0.105 e. The van der Waals surface area contributed by atoms with E-state index in [1.807, 2.05) is 23.9 Å². The Morgan fingerprint density at radius 2 is 2.33 bits per heavy atom. The third-order valence-electron chi connectivity index (χ3n) is 2.47. The topological polar surface area (TPSA) is 25.2 Å². The van der Waals surface area contributed by atoms with Crippen molar-refractivity contribution in [2.75, 3.05) is 12.0 Å². The first-order chi connectivity index (χ1) is 7.26. The zero-order chi connectivity index (χ0) is 11.1. The maximum absolute atomic E-state index is 5.33. The molecule has 0 saturated carbocycles. The van der Waals surface area contributed by atoms with Gasteiger partial charge >= 0.3 is 0 Å². The molecule has 1 aromatic heterocycles. The van der Waals surface area contributed by atoms with Crippen LogP contribution in [0.1, 0.15) is 26.0 Å². The number of hydrogen-bond acceptors (Lipinski definition) is 3. The van der Waals surface area contributed by atoms with Crippen molar-refractivity contribution in [1.29, 1.82) is 0 Å². The van der Waals surface area contributed by atoms with Gasteiger partial charge in [0.05, 0.1) is 6.26 Å². The molecule has 1 heterocycles. The molecule has 1 N–H and O–H groups in total. The van der Waals surface area contributed by atoms with Crippen LogP contribution in [0.3, 0.4) is 0 Å². The maximum atomic E-state index is 5.33. The fourth-order valence-electron chi connectivity index (χ4n) is 1.68. The highest BCUT2D eigenvalue weighted by atomic mass is 32.2. The second-order valence-corrected chi connectivity index (χ2v) is 4.82. The zero-order valence-electron chi connectivity index (χ0n) is 9.82. The average Bonchev–Trinajstić information content (AvgIpc) is 2.69. The zero-order valence-corrected chi connectivity index (χ0v) is 10.6. The van der Waals surface area contributed by atoms with E-state index in [1.165, 1.54) is 12.2 Å². The molecule has 0 saturated heterocycles. The molecule has 2 atom stereocenters. The van der Waals surface area contributed by atoms with Crippen LogP contribution < -0.4 is 5.32 Å². The Balaban J connectivity index is 2.30. The van der Waals surface area contributed by atoms with E-state index in [4.69, 9.17) is 4.42 Å². The van der Waals surface area contributed by atoms with Crippen LogP contribution >= 0.6 is 11.8 Å². The largest absolute Gasteiger partial charge is 0.469 e. The number of nitrogens with one attached hydrogen (secondary N) is 1. The van der Waals surface area contributed by atoms with Crippen LogP contribution in [0, 0.1) is 0 Å². The van der Waals surface area contributed by atoms with E-state index < -0.39 is 0 Å². The van der Waals surface area contributed by atoms with Crippen LogP contribution in [-0.2, 0) is 6.42 Å². The van der Waals surface area contributed by atoms with Crippen LogP contribution in [0.25, 0.3) is 0 Å². The third kappa shape index (κ3) is 4.76. The molecule has 15 heavy (non-hydrogen) atoms. The van der Waals surface area contributed by atoms with E-state index in [0.717, 1.165) is 12.2 Å². The summed E-state index contributed by atoms with van der Waals surface area (Å²) in [4.78, 5) is 0. The molecule has 0 spiro atoms. The van der Waals surface area contributed by atoms with Gasteiger partial charge in [0.2, 0.25) is 0 Å². The summed E-state index contributed by atoms with van der Waals surface area (Å²) in [6.07, 6.45) is 6.05. The predicted octanol–water partition coefficient (Wildman–Crippen LogP) is 2.94. The fraction of sp³-hybridized carbons (Fsp3) is 0.667. The van der Waals surface area contributed by atoms with Gasteiger partial charge in [0.1, 0.15) is 5.76 Å². The Labute approximate surface area is 96.8 Å². The SMILES string of the molecule is CCC(CSC)NC(C)Cc1ccco1. The van der Waals surface area contributed by atoms with Gasteiger partial charge in [-0.2, -0.15) is 11.8 Å². The summed E-state index contributed by atoms with van der Waals surface area (Å²) < 4.78 is 5.33. The Bertz CT molecular complexity index is 248. The molecule has 0 amide bonds. The Morgan fingerprint density at radius 1 is 1.53 bits per heavy atom. The predicted molar refractivity (Wildman–Crippen MR) is 67.5 cm³/mol.